The number of nitrogens with zero attached hydrogens (tertiary/aromatic N) is 2. The van der Waals surface area contributed by atoms with Crippen molar-refractivity contribution in [3.63, 3.8) is 0 Å². The van der Waals surface area contributed by atoms with Crippen LogP contribution in [0, 0.1) is 0 Å². The molecule has 6 nitrogen and oxygen atoms in total. The smallest absolute Gasteiger partial charge is 0.236 e. The van der Waals surface area contributed by atoms with Crippen LogP contribution < -0.4 is 10.6 Å². The Labute approximate surface area is 119 Å². The maximum absolute atomic E-state index is 12.0. The summed E-state index contributed by atoms with van der Waals surface area (Å²) >= 11 is 0. The molecule has 0 bridgehead atoms. The Kier molecular flexibility index (Phi) is 5.55. The van der Waals surface area contributed by atoms with E-state index < -0.39 is 0 Å². The normalized spacial score (nSPS) is 21.6. The van der Waals surface area contributed by atoms with Gasteiger partial charge in [0.2, 0.25) is 5.91 Å². The molecule has 0 aromatic carbocycles. The zero-order valence-electron chi connectivity index (χ0n) is 12.2. The Morgan fingerprint density at radius 2 is 2.40 bits per heavy atom. The molecule has 0 saturated carbocycles. The third-order valence-electron chi connectivity index (χ3n) is 3.48. The first-order chi connectivity index (χ1) is 9.65. The van der Waals surface area contributed by atoms with Gasteiger partial charge in [0, 0.05) is 31.6 Å². The summed E-state index contributed by atoms with van der Waals surface area (Å²) in [6.07, 6.45) is 5.99. The molecule has 3 atom stereocenters. The summed E-state index contributed by atoms with van der Waals surface area (Å²) in [5.41, 5.74) is 0. The fraction of sp³-hybridized carbons (Fsp3) is 0.714. The van der Waals surface area contributed by atoms with Gasteiger partial charge < -0.3 is 15.4 Å². The van der Waals surface area contributed by atoms with Crippen LogP contribution in [-0.4, -0.2) is 47.0 Å². The summed E-state index contributed by atoms with van der Waals surface area (Å²) < 4.78 is 7.34. The molecule has 1 saturated heterocycles. The van der Waals surface area contributed by atoms with Crippen LogP contribution in [0.25, 0.3) is 0 Å². The molecule has 2 N–H and O–H groups in total. The van der Waals surface area contributed by atoms with Gasteiger partial charge in [-0.2, -0.15) is 5.10 Å². The van der Waals surface area contributed by atoms with Gasteiger partial charge in [0.05, 0.1) is 18.7 Å². The first-order valence-corrected chi connectivity index (χ1v) is 7.28. The van der Waals surface area contributed by atoms with Crippen molar-refractivity contribution in [2.24, 2.45) is 0 Å². The number of carbonyl (C=O) groups excluding carboxylic acids is 1. The van der Waals surface area contributed by atoms with Gasteiger partial charge in [0.15, 0.2) is 0 Å². The van der Waals surface area contributed by atoms with Gasteiger partial charge in [-0.1, -0.05) is 0 Å². The SMILES string of the molecule is C[C@H](Cn1cccn1)N[C@@H](C)C(=O)NC[C@@H]1CCCO1. The van der Waals surface area contributed by atoms with E-state index >= 15 is 0 Å². The van der Waals surface area contributed by atoms with Gasteiger partial charge in [0.1, 0.15) is 0 Å². The summed E-state index contributed by atoms with van der Waals surface area (Å²) in [4.78, 5) is 12.0. The molecule has 0 spiro atoms. The maximum atomic E-state index is 12.0. The van der Waals surface area contributed by atoms with Crippen molar-refractivity contribution < 1.29 is 9.53 Å². The molecule has 1 aromatic heterocycles. The molecule has 1 amide bonds. The van der Waals surface area contributed by atoms with E-state index in [4.69, 9.17) is 4.74 Å². The van der Waals surface area contributed by atoms with Crippen molar-refractivity contribution in [3.05, 3.63) is 18.5 Å². The Morgan fingerprint density at radius 3 is 3.05 bits per heavy atom. The van der Waals surface area contributed by atoms with Gasteiger partial charge >= 0.3 is 0 Å². The molecular formula is C14H24N4O2. The topological polar surface area (TPSA) is 68.2 Å². The molecule has 20 heavy (non-hydrogen) atoms. The van der Waals surface area contributed by atoms with Crippen LogP contribution in [0.4, 0.5) is 0 Å². The highest BCUT2D eigenvalue weighted by atomic mass is 16.5. The minimum atomic E-state index is -0.220. The molecule has 1 aromatic rings. The Balaban J connectivity index is 1.67. The largest absolute Gasteiger partial charge is 0.376 e. The van der Waals surface area contributed by atoms with Crippen molar-refractivity contribution in [3.8, 4) is 0 Å². The third kappa shape index (κ3) is 4.61. The number of nitrogens with one attached hydrogen (secondary N) is 2. The number of rotatable bonds is 7. The Hall–Kier alpha value is -1.40. The number of amides is 1. The maximum Gasteiger partial charge on any atom is 0.236 e. The predicted molar refractivity (Wildman–Crippen MR) is 76.3 cm³/mol. The average molecular weight is 280 g/mol. The monoisotopic (exact) mass is 280 g/mol. The second-order valence-corrected chi connectivity index (χ2v) is 5.40. The zero-order valence-corrected chi connectivity index (χ0v) is 12.2. The van der Waals surface area contributed by atoms with Crippen LogP contribution in [0.5, 0.6) is 0 Å². The molecule has 0 unspecified atom stereocenters. The number of hydrogen-bond donors (Lipinski definition) is 2. The molecule has 6 heteroatoms. The van der Waals surface area contributed by atoms with Crippen LogP contribution in [0.3, 0.4) is 0 Å². The Bertz CT molecular complexity index is 401. The van der Waals surface area contributed by atoms with Gasteiger partial charge in [0.25, 0.3) is 0 Å². The first-order valence-electron chi connectivity index (χ1n) is 7.28. The fourth-order valence-corrected chi connectivity index (χ4v) is 2.42. The summed E-state index contributed by atoms with van der Waals surface area (Å²) in [5, 5.41) is 10.4. The van der Waals surface area contributed by atoms with Crippen LogP contribution in [0.1, 0.15) is 26.7 Å². The summed E-state index contributed by atoms with van der Waals surface area (Å²) in [5.74, 6) is 0.0211. The van der Waals surface area contributed by atoms with E-state index in [1.807, 2.05) is 30.8 Å². The number of hydrogen-bond acceptors (Lipinski definition) is 4. The lowest BCUT2D eigenvalue weighted by atomic mass is 10.2. The summed E-state index contributed by atoms with van der Waals surface area (Å²) in [7, 11) is 0. The van der Waals surface area contributed by atoms with Gasteiger partial charge in [-0.3, -0.25) is 9.48 Å². The molecule has 1 aliphatic rings. The lowest BCUT2D eigenvalue weighted by Crippen LogP contribution is -2.48. The summed E-state index contributed by atoms with van der Waals surface area (Å²) in [6.45, 7) is 6.10. The molecule has 1 aliphatic heterocycles. The fourth-order valence-electron chi connectivity index (χ4n) is 2.42. The lowest BCUT2D eigenvalue weighted by Gasteiger charge is -2.20. The van der Waals surface area contributed by atoms with E-state index in [2.05, 4.69) is 15.7 Å². The second kappa shape index (κ2) is 7.40. The lowest BCUT2D eigenvalue weighted by molar-refractivity contribution is -0.123. The average Bonchev–Trinajstić information content (AvgIpc) is 3.08. The molecule has 2 rings (SSSR count). The molecule has 1 fully saturated rings. The van der Waals surface area contributed by atoms with Crippen LogP contribution in [0.2, 0.25) is 0 Å². The quantitative estimate of drug-likeness (QED) is 0.765. The second-order valence-electron chi connectivity index (χ2n) is 5.40. The van der Waals surface area contributed by atoms with Gasteiger partial charge in [-0.05, 0) is 32.8 Å². The zero-order chi connectivity index (χ0) is 14.4. The van der Waals surface area contributed by atoms with Crippen molar-refractivity contribution >= 4 is 5.91 Å². The van der Waals surface area contributed by atoms with Gasteiger partial charge in [-0.25, -0.2) is 0 Å². The van der Waals surface area contributed by atoms with Crippen molar-refractivity contribution in [2.75, 3.05) is 13.2 Å². The van der Waals surface area contributed by atoms with Crippen molar-refractivity contribution in [2.45, 2.75) is 51.4 Å². The number of aromatic nitrogens is 2. The van der Waals surface area contributed by atoms with E-state index in [-0.39, 0.29) is 24.1 Å². The first kappa shape index (κ1) is 15.0. The van der Waals surface area contributed by atoms with Crippen LogP contribution in [0.15, 0.2) is 18.5 Å². The molecule has 0 aliphatic carbocycles. The van der Waals surface area contributed by atoms with Gasteiger partial charge in [-0.15, -0.1) is 0 Å². The van der Waals surface area contributed by atoms with Crippen molar-refractivity contribution in [1.29, 1.82) is 0 Å². The van der Waals surface area contributed by atoms with E-state index in [1.54, 1.807) is 6.20 Å². The van der Waals surface area contributed by atoms with Crippen LogP contribution in [-0.2, 0) is 16.1 Å². The third-order valence-corrected chi connectivity index (χ3v) is 3.48. The summed E-state index contributed by atoms with van der Waals surface area (Å²) in [6, 6.07) is 1.85. The van der Waals surface area contributed by atoms with Crippen LogP contribution >= 0.6 is 0 Å². The molecular weight excluding hydrogens is 256 g/mol. The molecule has 112 valence electrons. The van der Waals surface area contributed by atoms with E-state index in [1.165, 1.54) is 0 Å². The van der Waals surface area contributed by atoms with E-state index in [9.17, 15) is 4.79 Å². The number of ether oxygens (including phenoxy) is 1. The standard InChI is InChI=1S/C14H24N4O2/c1-11(10-18-7-4-6-16-18)17-12(2)14(19)15-9-13-5-3-8-20-13/h4,6-7,11-13,17H,3,5,8-10H2,1-2H3,(H,15,19)/t11-,12+,13+/m1/s1. The highest BCUT2D eigenvalue weighted by Gasteiger charge is 2.19. The minimum absolute atomic E-state index is 0.0211. The predicted octanol–water partition coefficient (Wildman–Crippen LogP) is 0.545. The number of carbonyl (C=O) groups is 1. The molecule has 2 heterocycles. The Morgan fingerprint density at radius 1 is 1.55 bits per heavy atom. The van der Waals surface area contributed by atoms with E-state index in [0.717, 1.165) is 26.0 Å². The molecule has 0 radical (unpaired) electrons. The van der Waals surface area contributed by atoms with Crippen molar-refractivity contribution in [1.82, 2.24) is 20.4 Å². The minimum Gasteiger partial charge on any atom is -0.376 e. The highest BCUT2D eigenvalue weighted by molar-refractivity contribution is 5.81. The van der Waals surface area contributed by atoms with E-state index in [0.29, 0.717) is 6.54 Å². The highest BCUT2D eigenvalue weighted by Crippen LogP contribution is 2.10.